The zero-order chi connectivity index (χ0) is 12.6. The number of rotatable bonds is 6. The third-order valence-electron chi connectivity index (χ3n) is 2.08. The van der Waals surface area contributed by atoms with Gasteiger partial charge in [0.05, 0.1) is 0 Å². The van der Waals surface area contributed by atoms with Gasteiger partial charge in [0, 0.05) is 25.0 Å². The van der Waals surface area contributed by atoms with E-state index in [1.165, 1.54) is 0 Å². The Labute approximate surface area is 104 Å². The molecule has 0 aliphatic rings. The highest BCUT2D eigenvalue weighted by Crippen LogP contribution is 1.89. The van der Waals surface area contributed by atoms with Crippen molar-refractivity contribution in [2.24, 2.45) is 0 Å². The van der Waals surface area contributed by atoms with Crippen LogP contribution in [0.3, 0.4) is 0 Å². The molecule has 0 aromatic carbocycles. The number of thiocarbonyl (C=S) groups is 1. The summed E-state index contributed by atoms with van der Waals surface area (Å²) in [6.07, 6.45) is 1.40. The van der Waals surface area contributed by atoms with Crippen molar-refractivity contribution in [1.29, 1.82) is 0 Å². The quantitative estimate of drug-likeness (QED) is 0.615. The van der Waals surface area contributed by atoms with E-state index in [1.807, 2.05) is 27.7 Å². The Morgan fingerprint density at radius 2 is 1.88 bits per heavy atom. The van der Waals surface area contributed by atoms with E-state index in [0.717, 1.165) is 6.42 Å². The summed E-state index contributed by atoms with van der Waals surface area (Å²) in [7, 11) is 0. The highest BCUT2D eigenvalue weighted by atomic mass is 32.1. The summed E-state index contributed by atoms with van der Waals surface area (Å²) in [5, 5.41) is 9.56. The lowest BCUT2D eigenvalue weighted by atomic mass is 10.2. The van der Waals surface area contributed by atoms with Crippen molar-refractivity contribution in [3.63, 3.8) is 0 Å². The maximum absolute atomic E-state index is 11.4. The van der Waals surface area contributed by atoms with Crippen molar-refractivity contribution in [2.45, 2.75) is 52.6 Å². The third kappa shape index (κ3) is 8.47. The first-order valence-electron chi connectivity index (χ1n) is 5.79. The molecule has 0 saturated carbocycles. The lowest BCUT2D eigenvalue weighted by Gasteiger charge is -2.14. The van der Waals surface area contributed by atoms with Gasteiger partial charge in [-0.05, 0) is 39.4 Å². The first kappa shape index (κ1) is 15.2. The van der Waals surface area contributed by atoms with Gasteiger partial charge in [0.15, 0.2) is 5.11 Å². The van der Waals surface area contributed by atoms with E-state index in [0.29, 0.717) is 24.1 Å². The predicted octanol–water partition coefficient (Wildman–Crippen LogP) is 1.16. The molecule has 1 atom stereocenters. The van der Waals surface area contributed by atoms with Gasteiger partial charge in [0.1, 0.15) is 0 Å². The first-order valence-corrected chi connectivity index (χ1v) is 6.20. The average Bonchev–Trinajstić information content (AvgIpc) is 2.16. The third-order valence-corrected chi connectivity index (χ3v) is 2.34. The molecular formula is C11H23N3OS. The minimum Gasteiger partial charge on any atom is -0.362 e. The summed E-state index contributed by atoms with van der Waals surface area (Å²) >= 11 is 5.04. The van der Waals surface area contributed by atoms with Crippen LogP contribution in [-0.4, -0.2) is 29.6 Å². The number of carbonyl (C=O) groups excluding carboxylic acids is 1. The van der Waals surface area contributed by atoms with Crippen molar-refractivity contribution in [3.8, 4) is 0 Å². The lowest BCUT2D eigenvalue weighted by molar-refractivity contribution is -0.121. The molecule has 0 rings (SSSR count). The number of nitrogens with one attached hydrogen (secondary N) is 3. The Hall–Kier alpha value is -0.840. The van der Waals surface area contributed by atoms with Gasteiger partial charge in [-0.25, -0.2) is 0 Å². The molecule has 1 amide bonds. The van der Waals surface area contributed by atoms with Crippen molar-refractivity contribution in [2.75, 3.05) is 6.54 Å². The molecule has 0 aromatic rings. The highest BCUT2D eigenvalue weighted by Gasteiger charge is 2.05. The summed E-state index contributed by atoms with van der Waals surface area (Å²) in [4.78, 5) is 11.4. The highest BCUT2D eigenvalue weighted by molar-refractivity contribution is 7.80. The van der Waals surface area contributed by atoms with Crippen molar-refractivity contribution < 1.29 is 4.79 Å². The van der Waals surface area contributed by atoms with Gasteiger partial charge in [-0.1, -0.05) is 6.92 Å². The molecule has 0 fully saturated rings. The topological polar surface area (TPSA) is 53.2 Å². The van der Waals surface area contributed by atoms with Crippen LogP contribution in [0, 0.1) is 0 Å². The molecule has 0 aromatic heterocycles. The van der Waals surface area contributed by atoms with Crippen LogP contribution < -0.4 is 16.0 Å². The second-order valence-corrected chi connectivity index (χ2v) is 4.59. The fourth-order valence-corrected chi connectivity index (χ4v) is 1.39. The first-order chi connectivity index (χ1) is 7.45. The molecular weight excluding hydrogens is 222 g/mol. The monoisotopic (exact) mass is 245 g/mol. The molecule has 5 heteroatoms. The van der Waals surface area contributed by atoms with Crippen LogP contribution in [0.5, 0.6) is 0 Å². The van der Waals surface area contributed by atoms with Crippen molar-refractivity contribution >= 4 is 23.2 Å². The molecule has 0 saturated heterocycles. The van der Waals surface area contributed by atoms with Gasteiger partial charge in [-0.3, -0.25) is 4.79 Å². The molecule has 0 aliphatic carbocycles. The van der Waals surface area contributed by atoms with E-state index < -0.39 is 0 Å². The number of hydrogen-bond donors (Lipinski definition) is 3. The minimum absolute atomic E-state index is 0.0641. The van der Waals surface area contributed by atoms with Crippen molar-refractivity contribution in [1.82, 2.24) is 16.0 Å². The normalized spacial score (nSPS) is 12.1. The second-order valence-electron chi connectivity index (χ2n) is 4.18. The van der Waals surface area contributed by atoms with Crippen LogP contribution in [-0.2, 0) is 4.79 Å². The summed E-state index contributed by atoms with van der Waals surface area (Å²) < 4.78 is 0. The largest absolute Gasteiger partial charge is 0.362 e. The maximum atomic E-state index is 11.4. The Morgan fingerprint density at radius 3 is 2.38 bits per heavy atom. The smallest absolute Gasteiger partial charge is 0.221 e. The van der Waals surface area contributed by atoms with Crippen LogP contribution in [0.1, 0.15) is 40.5 Å². The number of carbonyl (C=O) groups is 1. The molecule has 3 N–H and O–H groups in total. The maximum Gasteiger partial charge on any atom is 0.221 e. The molecule has 0 bridgehead atoms. The van der Waals surface area contributed by atoms with E-state index in [-0.39, 0.29) is 11.9 Å². The fourth-order valence-electron chi connectivity index (χ4n) is 1.05. The zero-order valence-corrected chi connectivity index (χ0v) is 11.4. The summed E-state index contributed by atoms with van der Waals surface area (Å²) in [6, 6.07) is 0.558. The zero-order valence-electron chi connectivity index (χ0n) is 10.6. The van der Waals surface area contributed by atoms with E-state index >= 15 is 0 Å². The Morgan fingerprint density at radius 1 is 1.25 bits per heavy atom. The lowest BCUT2D eigenvalue weighted by Crippen LogP contribution is -2.41. The minimum atomic E-state index is 0.0641. The summed E-state index contributed by atoms with van der Waals surface area (Å²) in [5.74, 6) is 0.0641. The Balaban J connectivity index is 3.58. The van der Waals surface area contributed by atoms with Gasteiger partial charge in [-0.15, -0.1) is 0 Å². The summed E-state index contributed by atoms with van der Waals surface area (Å²) in [6.45, 7) is 8.65. The SMILES string of the molecule is CCC(C)NC(=O)CCNC(=S)NC(C)C. The summed E-state index contributed by atoms with van der Waals surface area (Å²) in [5.41, 5.74) is 0. The molecule has 0 heterocycles. The van der Waals surface area contributed by atoms with E-state index in [4.69, 9.17) is 12.2 Å². The predicted molar refractivity (Wildman–Crippen MR) is 71.4 cm³/mol. The molecule has 94 valence electrons. The molecule has 0 aliphatic heterocycles. The van der Waals surface area contributed by atoms with E-state index in [1.54, 1.807) is 0 Å². The van der Waals surface area contributed by atoms with Gasteiger partial charge in [0.2, 0.25) is 5.91 Å². The van der Waals surface area contributed by atoms with Crippen LogP contribution in [0.2, 0.25) is 0 Å². The Kier molecular flexibility index (Phi) is 7.89. The van der Waals surface area contributed by atoms with Crippen molar-refractivity contribution in [3.05, 3.63) is 0 Å². The van der Waals surface area contributed by atoms with Crippen LogP contribution >= 0.6 is 12.2 Å². The van der Waals surface area contributed by atoms with E-state index in [9.17, 15) is 4.79 Å². The van der Waals surface area contributed by atoms with Gasteiger partial charge in [-0.2, -0.15) is 0 Å². The van der Waals surface area contributed by atoms with Gasteiger partial charge < -0.3 is 16.0 Å². The van der Waals surface area contributed by atoms with Crippen LogP contribution in [0.4, 0.5) is 0 Å². The molecule has 1 unspecified atom stereocenters. The standard InChI is InChI=1S/C11H23N3OS/c1-5-9(4)14-10(15)6-7-12-11(16)13-8(2)3/h8-9H,5-7H2,1-4H3,(H,14,15)(H2,12,13,16). The molecule has 4 nitrogen and oxygen atoms in total. The average molecular weight is 245 g/mol. The van der Waals surface area contributed by atoms with Crippen LogP contribution in [0.15, 0.2) is 0 Å². The van der Waals surface area contributed by atoms with Gasteiger partial charge >= 0.3 is 0 Å². The second kappa shape index (κ2) is 8.33. The van der Waals surface area contributed by atoms with Crippen LogP contribution in [0.25, 0.3) is 0 Å². The molecule has 16 heavy (non-hydrogen) atoms. The number of amides is 1. The molecule has 0 radical (unpaired) electrons. The van der Waals surface area contributed by atoms with Gasteiger partial charge in [0.25, 0.3) is 0 Å². The molecule has 0 spiro atoms. The fraction of sp³-hybridized carbons (Fsp3) is 0.818. The Bertz CT molecular complexity index is 231. The number of hydrogen-bond acceptors (Lipinski definition) is 2. The van der Waals surface area contributed by atoms with E-state index in [2.05, 4.69) is 16.0 Å².